The maximum Gasteiger partial charge on any atom is 0.244 e. The van der Waals surface area contributed by atoms with Crippen molar-refractivity contribution in [1.82, 2.24) is 15.2 Å². The summed E-state index contributed by atoms with van der Waals surface area (Å²) in [5.41, 5.74) is 1.88. The van der Waals surface area contributed by atoms with Crippen molar-refractivity contribution in [3.8, 4) is 5.75 Å². The van der Waals surface area contributed by atoms with Crippen LogP contribution in [0, 0.1) is 0 Å². The van der Waals surface area contributed by atoms with Crippen molar-refractivity contribution in [3.05, 3.63) is 65.3 Å². The van der Waals surface area contributed by atoms with Crippen LogP contribution in [-0.2, 0) is 6.54 Å². The molecule has 0 aliphatic rings. The molecule has 0 aliphatic heterocycles. The van der Waals surface area contributed by atoms with Crippen LogP contribution in [0.4, 0.5) is 17.5 Å². The van der Waals surface area contributed by atoms with E-state index in [1.165, 1.54) is 0 Å². The third kappa shape index (κ3) is 4.11. The number of methoxy groups -OCH3 is 1. The van der Waals surface area contributed by atoms with Gasteiger partial charge in [0.15, 0.2) is 5.82 Å². The number of hydrogen-bond acceptors (Lipinski definition) is 6. The predicted octanol–water partition coefficient (Wildman–Crippen LogP) is 3.89. The summed E-state index contributed by atoms with van der Waals surface area (Å²) in [7, 11) is 1.65. The third-order valence-corrected chi connectivity index (χ3v) is 3.56. The normalized spacial score (nSPS) is 10.2. The molecule has 1 heterocycles. The summed E-state index contributed by atoms with van der Waals surface area (Å²) in [5, 5.41) is 14.9. The lowest BCUT2D eigenvalue weighted by atomic mass is 10.2. The van der Waals surface area contributed by atoms with E-state index in [4.69, 9.17) is 16.3 Å². The van der Waals surface area contributed by atoms with Crippen LogP contribution in [0.2, 0.25) is 5.02 Å². The molecule has 0 fully saturated rings. The van der Waals surface area contributed by atoms with Gasteiger partial charge in [0.25, 0.3) is 0 Å². The monoisotopic (exact) mass is 341 g/mol. The summed E-state index contributed by atoms with van der Waals surface area (Å²) >= 11 is 5.88. The molecule has 122 valence electrons. The summed E-state index contributed by atoms with van der Waals surface area (Å²) in [6.45, 7) is 0.538. The van der Waals surface area contributed by atoms with Gasteiger partial charge in [0.1, 0.15) is 5.75 Å². The zero-order valence-electron chi connectivity index (χ0n) is 13.0. The molecular formula is C17H16ClN5O. The van der Waals surface area contributed by atoms with Gasteiger partial charge in [0.05, 0.1) is 13.3 Å². The Bertz CT molecular complexity index is 810. The molecule has 24 heavy (non-hydrogen) atoms. The number of aromatic nitrogens is 3. The van der Waals surface area contributed by atoms with Crippen molar-refractivity contribution in [2.45, 2.75) is 6.54 Å². The zero-order chi connectivity index (χ0) is 16.8. The first-order chi connectivity index (χ1) is 11.7. The molecule has 3 aromatic rings. The molecule has 0 saturated carbocycles. The van der Waals surface area contributed by atoms with Crippen LogP contribution in [0.3, 0.4) is 0 Å². The fourth-order valence-electron chi connectivity index (χ4n) is 2.14. The van der Waals surface area contributed by atoms with E-state index in [-0.39, 0.29) is 0 Å². The Morgan fingerprint density at radius 1 is 1.08 bits per heavy atom. The minimum atomic E-state index is 0.430. The second-order valence-corrected chi connectivity index (χ2v) is 5.40. The highest BCUT2D eigenvalue weighted by molar-refractivity contribution is 6.30. The van der Waals surface area contributed by atoms with E-state index in [1.807, 2.05) is 36.4 Å². The molecule has 2 aromatic carbocycles. The Hall–Kier alpha value is -2.86. The SMILES string of the molecule is COc1ccccc1CNc1nncc(Nc2ccc(Cl)cc2)n1. The van der Waals surface area contributed by atoms with Crippen LogP contribution in [0.1, 0.15) is 5.56 Å². The van der Waals surface area contributed by atoms with Crippen LogP contribution >= 0.6 is 11.6 Å². The molecule has 1 aromatic heterocycles. The molecule has 2 N–H and O–H groups in total. The second-order valence-electron chi connectivity index (χ2n) is 4.96. The first-order valence-electron chi connectivity index (χ1n) is 7.32. The Kier molecular flexibility index (Phi) is 5.08. The van der Waals surface area contributed by atoms with Crippen LogP contribution < -0.4 is 15.4 Å². The molecule has 0 aliphatic carbocycles. The van der Waals surface area contributed by atoms with Crippen molar-refractivity contribution < 1.29 is 4.74 Å². The van der Waals surface area contributed by atoms with Crippen LogP contribution in [-0.4, -0.2) is 22.3 Å². The van der Waals surface area contributed by atoms with Gasteiger partial charge in [-0.1, -0.05) is 29.8 Å². The lowest BCUT2D eigenvalue weighted by Gasteiger charge is -2.10. The fourth-order valence-corrected chi connectivity index (χ4v) is 2.27. The fraction of sp³-hybridized carbons (Fsp3) is 0.118. The van der Waals surface area contributed by atoms with Crippen molar-refractivity contribution in [1.29, 1.82) is 0 Å². The van der Waals surface area contributed by atoms with Crippen molar-refractivity contribution in [2.24, 2.45) is 0 Å². The lowest BCUT2D eigenvalue weighted by molar-refractivity contribution is 0.410. The lowest BCUT2D eigenvalue weighted by Crippen LogP contribution is -2.07. The molecule has 0 radical (unpaired) electrons. The Morgan fingerprint density at radius 2 is 1.88 bits per heavy atom. The number of ether oxygens (including phenoxy) is 1. The van der Waals surface area contributed by atoms with Gasteiger partial charge in [0.2, 0.25) is 5.95 Å². The molecule has 0 unspecified atom stereocenters. The average molecular weight is 342 g/mol. The Labute approximate surface area is 144 Å². The van der Waals surface area contributed by atoms with Gasteiger partial charge in [-0.3, -0.25) is 0 Å². The van der Waals surface area contributed by atoms with Gasteiger partial charge >= 0.3 is 0 Å². The maximum atomic E-state index is 5.88. The summed E-state index contributed by atoms with van der Waals surface area (Å²) < 4.78 is 5.33. The Balaban J connectivity index is 1.68. The Morgan fingerprint density at radius 3 is 2.67 bits per heavy atom. The van der Waals surface area contributed by atoms with E-state index in [2.05, 4.69) is 25.8 Å². The zero-order valence-corrected chi connectivity index (χ0v) is 13.8. The average Bonchev–Trinajstić information content (AvgIpc) is 2.62. The molecule has 0 amide bonds. The smallest absolute Gasteiger partial charge is 0.244 e. The van der Waals surface area contributed by atoms with Gasteiger partial charge in [-0.2, -0.15) is 10.1 Å². The number of halogens is 1. The number of para-hydroxylation sites is 1. The molecule has 7 heteroatoms. The van der Waals surface area contributed by atoms with Gasteiger partial charge in [-0.15, -0.1) is 5.10 Å². The number of benzene rings is 2. The van der Waals surface area contributed by atoms with Crippen molar-refractivity contribution >= 4 is 29.1 Å². The number of rotatable bonds is 6. The van der Waals surface area contributed by atoms with E-state index in [0.29, 0.717) is 23.3 Å². The minimum Gasteiger partial charge on any atom is -0.496 e. The largest absolute Gasteiger partial charge is 0.496 e. The van der Waals surface area contributed by atoms with E-state index in [1.54, 1.807) is 25.4 Å². The number of nitrogens with zero attached hydrogens (tertiary/aromatic N) is 3. The molecule has 0 atom stereocenters. The molecule has 3 rings (SSSR count). The van der Waals surface area contributed by atoms with Gasteiger partial charge in [0, 0.05) is 22.8 Å². The number of hydrogen-bond donors (Lipinski definition) is 2. The predicted molar refractivity (Wildman–Crippen MR) is 94.9 cm³/mol. The summed E-state index contributed by atoms with van der Waals surface area (Å²) in [6, 6.07) is 15.1. The molecule has 6 nitrogen and oxygen atoms in total. The topological polar surface area (TPSA) is 72.0 Å². The highest BCUT2D eigenvalue weighted by Gasteiger charge is 2.04. The maximum absolute atomic E-state index is 5.88. The standard InChI is InChI=1S/C17H16ClN5O/c1-24-15-5-3-2-4-12(15)10-19-17-22-16(11-20-23-17)21-14-8-6-13(18)7-9-14/h2-9,11H,10H2,1H3,(H2,19,21,22,23). The van der Waals surface area contributed by atoms with E-state index < -0.39 is 0 Å². The highest BCUT2D eigenvalue weighted by atomic mass is 35.5. The highest BCUT2D eigenvalue weighted by Crippen LogP contribution is 2.19. The van der Waals surface area contributed by atoms with Gasteiger partial charge < -0.3 is 15.4 Å². The summed E-state index contributed by atoms with van der Waals surface area (Å²) in [6.07, 6.45) is 1.56. The summed E-state index contributed by atoms with van der Waals surface area (Å²) in [5.74, 6) is 1.84. The first kappa shape index (κ1) is 16.0. The molecule has 0 spiro atoms. The van der Waals surface area contributed by atoms with Crippen LogP contribution in [0.15, 0.2) is 54.7 Å². The first-order valence-corrected chi connectivity index (χ1v) is 7.70. The number of anilines is 3. The summed E-state index contributed by atoms with van der Waals surface area (Å²) in [4.78, 5) is 4.39. The van der Waals surface area contributed by atoms with Crippen molar-refractivity contribution in [3.63, 3.8) is 0 Å². The minimum absolute atomic E-state index is 0.430. The number of nitrogens with one attached hydrogen (secondary N) is 2. The van der Waals surface area contributed by atoms with Gasteiger partial charge in [-0.25, -0.2) is 0 Å². The molecule has 0 saturated heterocycles. The van der Waals surface area contributed by atoms with E-state index in [0.717, 1.165) is 17.0 Å². The third-order valence-electron chi connectivity index (χ3n) is 3.30. The van der Waals surface area contributed by atoms with E-state index >= 15 is 0 Å². The second kappa shape index (κ2) is 7.61. The molecule has 0 bridgehead atoms. The van der Waals surface area contributed by atoms with Gasteiger partial charge in [-0.05, 0) is 30.3 Å². The van der Waals surface area contributed by atoms with Crippen LogP contribution in [0.5, 0.6) is 5.75 Å². The van der Waals surface area contributed by atoms with Crippen LogP contribution in [0.25, 0.3) is 0 Å². The van der Waals surface area contributed by atoms with Crippen molar-refractivity contribution in [2.75, 3.05) is 17.7 Å². The molecular weight excluding hydrogens is 326 g/mol. The quantitative estimate of drug-likeness (QED) is 0.708. The van der Waals surface area contributed by atoms with E-state index in [9.17, 15) is 0 Å².